The summed E-state index contributed by atoms with van der Waals surface area (Å²) in [6, 6.07) is 7.50. The van der Waals surface area contributed by atoms with E-state index in [1.54, 1.807) is 4.57 Å². The molecule has 90 valence electrons. The van der Waals surface area contributed by atoms with Crippen molar-refractivity contribution in [2.24, 2.45) is 0 Å². The van der Waals surface area contributed by atoms with Crippen molar-refractivity contribution in [2.75, 3.05) is 5.33 Å². The van der Waals surface area contributed by atoms with Gasteiger partial charge in [-0.3, -0.25) is 9.36 Å². The van der Waals surface area contributed by atoms with Gasteiger partial charge in [0.1, 0.15) is 5.82 Å². The van der Waals surface area contributed by atoms with E-state index in [-0.39, 0.29) is 5.56 Å². The Morgan fingerprint density at radius 3 is 2.82 bits per heavy atom. The first-order valence-corrected chi connectivity index (χ1v) is 6.88. The number of alkyl halides is 1. The Labute approximate surface area is 109 Å². The molecule has 1 aromatic carbocycles. The van der Waals surface area contributed by atoms with E-state index in [0.717, 1.165) is 36.1 Å². The SMILES string of the molecule is Cc1nc2ccccc2c(=O)n1CCCCBr. The third-order valence-corrected chi connectivity index (χ3v) is 3.38. The fourth-order valence-electron chi connectivity index (χ4n) is 1.91. The van der Waals surface area contributed by atoms with Crippen molar-refractivity contribution in [3.8, 4) is 0 Å². The molecule has 1 aromatic heterocycles. The summed E-state index contributed by atoms with van der Waals surface area (Å²) in [6.07, 6.45) is 2.06. The Morgan fingerprint density at radius 2 is 2.06 bits per heavy atom. The second-order valence-electron chi connectivity index (χ2n) is 4.03. The number of unbranched alkanes of at least 4 members (excludes halogenated alkanes) is 1. The van der Waals surface area contributed by atoms with Crippen LogP contribution < -0.4 is 5.56 Å². The molecular weight excluding hydrogens is 280 g/mol. The predicted octanol–water partition coefficient (Wildman–Crippen LogP) is 2.88. The molecular formula is C13H15BrN2O. The summed E-state index contributed by atoms with van der Waals surface area (Å²) < 4.78 is 1.77. The number of rotatable bonds is 4. The Balaban J connectivity index is 2.45. The maximum atomic E-state index is 12.3. The molecule has 0 saturated carbocycles. The van der Waals surface area contributed by atoms with E-state index >= 15 is 0 Å². The van der Waals surface area contributed by atoms with Crippen molar-refractivity contribution in [2.45, 2.75) is 26.3 Å². The number of nitrogens with zero attached hydrogens (tertiary/aromatic N) is 2. The Morgan fingerprint density at radius 1 is 1.29 bits per heavy atom. The smallest absolute Gasteiger partial charge is 0.261 e. The molecule has 0 spiro atoms. The molecule has 17 heavy (non-hydrogen) atoms. The average molecular weight is 295 g/mol. The molecule has 1 heterocycles. The van der Waals surface area contributed by atoms with Gasteiger partial charge in [0.15, 0.2) is 0 Å². The lowest BCUT2D eigenvalue weighted by Gasteiger charge is -2.09. The van der Waals surface area contributed by atoms with Gasteiger partial charge < -0.3 is 0 Å². The largest absolute Gasteiger partial charge is 0.296 e. The zero-order valence-electron chi connectivity index (χ0n) is 9.82. The Hall–Kier alpha value is -1.16. The van der Waals surface area contributed by atoms with Crippen LogP contribution in [-0.4, -0.2) is 14.9 Å². The molecule has 0 bridgehead atoms. The fraction of sp³-hybridized carbons (Fsp3) is 0.385. The molecule has 0 radical (unpaired) electrons. The number of fused-ring (bicyclic) bond motifs is 1. The summed E-state index contributed by atoms with van der Waals surface area (Å²) in [6.45, 7) is 2.63. The minimum atomic E-state index is 0.0719. The van der Waals surface area contributed by atoms with Gasteiger partial charge in [-0.05, 0) is 31.9 Å². The van der Waals surface area contributed by atoms with E-state index in [1.807, 2.05) is 31.2 Å². The van der Waals surface area contributed by atoms with Crippen molar-refractivity contribution in [3.05, 3.63) is 40.4 Å². The van der Waals surface area contributed by atoms with Crippen LogP contribution in [0.25, 0.3) is 10.9 Å². The minimum Gasteiger partial charge on any atom is -0.296 e. The molecule has 0 unspecified atom stereocenters. The number of halogens is 1. The molecule has 2 rings (SSSR count). The zero-order chi connectivity index (χ0) is 12.3. The van der Waals surface area contributed by atoms with Gasteiger partial charge in [-0.2, -0.15) is 0 Å². The van der Waals surface area contributed by atoms with Gasteiger partial charge in [0.2, 0.25) is 0 Å². The van der Waals surface area contributed by atoms with Crippen LogP contribution in [0.2, 0.25) is 0 Å². The first-order chi connectivity index (χ1) is 8.24. The van der Waals surface area contributed by atoms with Gasteiger partial charge in [-0.25, -0.2) is 4.98 Å². The van der Waals surface area contributed by atoms with Gasteiger partial charge in [-0.15, -0.1) is 0 Å². The number of aryl methyl sites for hydroxylation is 1. The van der Waals surface area contributed by atoms with Gasteiger partial charge in [0.05, 0.1) is 10.9 Å². The van der Waals surface area contributed by atoms with Crippen LogP contribution in [0.4, 0.5) is 0 Å². The quantitative estimate of drug-likeness (QED) is 0.642. The standard InChI is InChI=1S/C13H15BrN2O/c1-10-15-12-7-3-2-6-11(12)13(17)16(10)9-5-4-8-14/h2-3,6-7H,4-5,8-9H2,1H3. The molecule has 0 amide bonds. The summed E-state index contributed by atoms with van der Waals surface area (Å²) in [5, 5.41) is 1.68. The van der Waals surface area contributed by atoms with E-state index in [9.17, 15) is 4.79 Å². The van der Waals surface area contributed by atoms with Crippen LogP contribution >= 0.6 is 15.9 Å². The highest BCUT2D eigenvalue weighted by Crippen LogP contribution is 2.08. The number of para-hydroxylation sites is 1. The lowest BCUT2D eigenvalue weighted by molar-refractivity contribution is 0.594. The van der Waals surface area contributed by atoms with Crippen molar-refractivity contribution < 1.29 is 0 Å². The van der Waals surface area contributed by atoms with Gasteiger partial charge in [-0.1, -0.05) is 28.1 Å². The van der Waals surface area contributed by atoms with Crippen LogP contribution in [0.5, 0.6) is 0 Å². The molecule has 3 nitrogen and oxygen atoms in total. The van der Waals surface area contributed by atoms with Crippen molar-refractivity contribution in [3.63, 3.8) is 0 Å². The highest BCUT2D eigenvalue weighted by molar-refractivity contribution is 9.09. The number of benzene rings is 1. The summed E-state index contributed by atoms with van der Waals surface area (Å²) in [5.74, 6) is 0.795. The minimum absolute atomic E-state index is 0.0719. The van der Waals surface area contributed by atoms with Crippen LogP contribution in [0.3, 0.4) is 0 Å². The topological polar surface area (TPSA) is 34.9 Å². The normalized spacial score (nSPS) is 10.9. The summed E-state index contributed by atoms with van der Waals surface area (Å²) in [7, 11) is 0. The van der Waals surface area contributed by atoms with E-state index in [2.05, 4.69) is 20.9 Å². The number of hydrogen-bond acceptors (Lipinski definition) is 2. The highest BCUT2D eigenvalue weighted by atomic mass is 79.9. The van der Waals surface area contributed by atoms with Gasteiger partial charge in [0.25, 0.3) is 5.56 Å². The first-order valence-electron chi connectivity index (χ1n) is 5.76. The Kier molecular flexibility index (Phi) is 3.94. The van der Waals surface area contributed by atoms with E-state index in [1.165, 1.54) is 0 Å². The second-order valence-corrected chi connectivity index (χ2v) is 4.82. The molecule has 4 heteroatoms. The zero-order valence-corrected chi connectivity index (χ0v) is 11.4. The molecule has 0 aliphatic rings. The fourth-order valence-corrected chi connectivity index (χ4v) is 2.30. The predicted molar refractivity (Wildman–Crippen MR) is 73.8 cm³/mol. The molecule has 0 atom stereocenters. The van der Waals surface area contributed by atoms with E-state index in [4.69, 9.17) is 0 Å². The molecule has 0 aliphatic heterocycles. The van der Waals surface area contributed by atoms with Crippen LogP contribution in [0, 0.1) is 6.92 Å². The monoisotopic (exact) mass is 294 g/mol. The first kappa shape index (κ1) is 12.3. The summed E-state index contributed by atoms with van der Waals surface area (Å²) >= 11 is 3.40. The van der Waals surface area contributed by atoms with Crippen molar-refractivity contribution in [1.29, 1.82) is 0 Å². The molecule has 0 N–H and O–H groups in total. The molecule has 2 aromatic rings. The second kappa shape index (κ2) is 5.45. The lowest BCUT2D eigenvalue weighted by atomic mass is 10.2. The van der Waals surface area contributed by atoms with Crippen molar-refractivity contribution in [1.82, 2.24) is 9.55 Å². The summed E-state index contributed by atoms with van der Waals surface area (Å²) in [4.78, 5) is 16.7. The third-order valence-electron chi connectivity index (χ3n) is 2.82. The number of hydrogen-bond donors (Lipinski definition) is 0. The third kappa shape index (κ3) is 2.57. The lowest BCUT2D eigenvalue weighted by Crippen LogP contribution is -2.24. The van der Waals surface area contributed by atoms with E-state index in [0.29, 0.717) is 5.39 Å². The van der Waals surface area contributed by atoms with Crippen LogP contribution in [0.1, 0.15) is 18.7 Å². The summed E-state index contributed by atoms with van der Waals surface area (Å²) in [5.41, 5.74) is 0.856. The van der Waals surface area contributed by atoms with Gasteiger partial charge >= 0.3 is 0 Å². The van der Waals surface area contributed by atoms with Gasteiger partial charge in [0, 0.05) is 11.9 Å². The highest BCUT2D eigenvalue weighted by Gasteiger charge is 2.06. The van der Waals surface area contributed by atoms with Crippen LogP contribution in [-0.2, 0) is 6.54 Å². The molecule has 0 fully saturated rings. The maximum Gasteiger partial charge on any atom is 0.261 e. The average Bonchev–Trinajstić information content (AvgIpc) is 2.33. The maximum absolute atomic E-state index is 12.3. The molecule has 0 saturated heterocycles. The number of aromatic nitrogens is 2. The molecule has 0 aliphatic carbocycles. The van der Waals surface area contributed by atoms with Crippen LogP contribution in [0.15, 0.2) is 29.1 Å². The van der Waals surface area contributed by atoms with Crippen molar-refractivity contribution >= 4 is 26.8 Å². The Bertz CT molecular complexity index is 577. The van der Waals surface area contributed by atoms with E-state index < -0.39 is 0 Å².